The molecule has 5 heteroatoms. The monoisotopic (exact) mass is 130 g/mol. The predicted octanol–water partition coefficient (Wildman–Crippen LogP) is -4.75. The molecule has 0 aliphatic heterocycles. The molecule has 0 spiro atoms. The quantitative estimate of drug-likeness (QED) is 0.334. The molecular formula is H5AlCoLiO2. The van der Waals surface area contributed by atoms with Gasteiger partial charge in [-0.2, -0.15) is 0 Å². The van der Waals surface area contributed by atoms with Gasteiger partial charge in [0, 0.05) is 0 Å². The summed E-state index contributed by atoms with van der Waals surface area (Å²) in [6.07, 6.45) is 0. The fraction of sp³-hybridized carbons (Fsp3) is 0. The van der Waals surface area contributed by atoms with E-state index >= 15 is 0 Å². The minimum atomic E-state index is -0.812. The molecule has 0 atom stereocenters. The molecule has 30 valence electrons. The van der Waals surface area contributed by atoms with E-state index < -0.39 is 15.0 Å². The van der Waals surface area contributed by atoms with Crippen LogP contribution in [0.2, 0.25) is 0 Å². The molecule has 0 aromatic carbocycles. The van der Waals surface area contributed by atoms with Crippen molar-refractivity contribution in [3.63, 3.8) is 0 Å². The van der Waals surface area contributed by atoms with Crippen molar-refractivity contribution in [2.45, 2.75) is 0 Å². The van der Waals surface area contributed by atoms with Crippen molar-refractivity contribution in [3.8, 4) is 0 Å². The molecule has 0 unspecified atom stereocenters. The van der Waals surface area contributed by atoms with Gasteiger partial charge in [-0.1, -0.05) is 0 Å². The third-order valence-electron chi connectivity index (χ3n) is 0. The van der Waals surface area contributed by atoms with Crippen LogP contribution in [0.1, 0.15) is 1.43 Å². The third kappa shape index (κ3) is 31.9. The van der Waals surface area contributed by atoms with Gasteiger partial charge in [0.15, 0.2) is 17.4 Å². The predicted molar refractivity (Wildman–Crippen MR) is 14.0 cm³/mol. The van der Waals surface area contributed by atoms with Crippen molar-refractivity contribution in [3.05, 3.63) is 0 Å². The van der Waals surface area contributed by atoms with Crippen LogP contribution in [0.3, 0.4) is 0 Å². The van der Waals surface area contributed by atoms with E-state index in [1.165, 1.54) is 0 Å². The fourth-order valence-electron chi connectivity index (χ4n) is 0. The van der Waals surface area contributed by atoms with Crippen LogP contribution < -0.4 is 18.9 Å². The molecule has 2 nitrogen and oxygen atoms in total. The van der Waals surface area contributed by atoms with E-state index in [1.54, 1.807) is 0 Å². The van der Waals surface area contributed by atoms with Crippen LogP contribution in [-0.4, -0.2) is 21.6 Å². The van der Waals surface area contributed by atoms with Gasteiger partial charge in [-0.15, -0.1) is 0 Å². The first-order valence-corrected chi connectivity index (χ1v) is 1.18. The van der Waals surface area contributed by atoms with Gasteiger partial charge in [-0.05, 0) is 0 Å². The van der Waals surface area contributed by atoms with Gasteiger partial charge < -0.3 is 1.43 Å². The maximum absolute atomic E-state index is 8.45. The van der Waals surface area contributed by atoms with Gasteiger partial charge in [0.1, 0.15) is 0 Å². The summed E-state index contributed by atoms with van der Waals surface area (Å²) < 4.78 is 15.4. The molecule has 0 saturated carbocycles. The second-order valence-electron chi connectivity index (χ2n) is 0.0609. The van der Waals surface area contributed by atoms with Gasteiger partial charge in [-0.3, -0.25) is 0 Å². The Morgan fingerprint density at radius 1 is 1.80 bits per heavy atom. The van der Waals surface area contributed by atoms with E-state index in [1.807, 2.05) is 0 Å². The van der Waals surface area contributed by atoms with Crippen molar-refractivity contribution in [1.29, 1.82) is 0 Å². The SMILES string of the molecule is [AlH3].[H-].[Li+].[O]=[Co][OH]. The Labute approximate surface area is 60.6 Å². The summed E-state index contributed by atoms with van der Waals surface area (Å²) in [6.45, 7) is 0. The molecule has 0 aliphatic carbocycles. The number of hydrogen-bond acceptors (Lipinski definition) is 1. The van der Waals surface area contributed by atoms with E-state index in [0.29, 0.717) is 0 Å². The van der Waals surface area contributed by atoms with E-state index in [-0.39, 0.29) is 37.6 Å². The first-order chi connectivity index (χ1) is 1.41. The van der Waals surface area contributed by atoms with Crippen LogP contribution in [0, 0.1) is 0 Å². The summed E-state index contributed by atoms with van der Waals surface area (Å²) in [6, 6.07) is 0. The number of hydrogen-bond donors (Lipinski definition) is 1. The van der Waals surface area contributed by atoms with Crippen molar-refractivity contribution in [2.24, 2.45) is 0 Å². The second kappa shape index (κ2) is 18.2. The second-order valence-corrected chi connectivity index (χ2v) is 0.251. The zero-order chi connectivity index (χ0) is 2.71. The zero-order valence-electron chi connectivity index (χ0n) is 3.19. The van der Waals surface area contributed by atoms with Crippen molar-refractivity contribution >= 4 is 17.4 Å². The molecule has 0 rings (SSSR count). The van der Waals surface area contributed by atoms with Gasteiger partial charge in [0.2, 0.25) is 0 Å². The summed E-state index contributed by atoms with van der Waals surface area (Å²) in [7, 11) is 0. The van der Waals surface area contributed by atoms with Crippen LogP contribution in [0.15, 0.2) is 0 Å². The molecular weight excluding hydrogens is 125 g/mol. The van der Waals surface area contributed by atoms with Gasteiger partial charge in [0.05, 0.1) is 0 Å². The van der Waals surface area contributed by atoms with Gasteiger partial charge in [0.25, 0.3) is 0 Å². The Hall–Kier alpha value is 1.40. The molecule has 0 bridgehead atoms. The third-order valence-corrected chi connectivity index (χ3v) is 0. The summed E-state index contributed by atoms with van der Waals surface area (Å²) in [5.41, 5.74) is 0. The average Bonchev–Trinajstić information content (AvgIpc) is 0.918. The maximum atomic E-state index is 8.45. The van der Waals surface area contributed by atoms with E-state index in [2.05, 4.69) is 0 Å². The Bertz CT molecular complexity index is 21.0. The molecule has 0 aromatic heterocycles. The molecule has 0 saturated heterocycles. The van der Waals surface area contributed by atoms with Crippen LogP contribution in [0.25, 0.3) is 0 Å². The Morgan fingerprint density at radius 2 is 1.80 bits per heavy atom. The number of rotatable bonds is 0. The summed E-state index contributed by atoms with van der Waals surface area (Å²) in [5, 5.41) is 0. The molecule has 5 heavy (non-hydrogen) atoms. The first-order valence-electron chi connectivity index (χ1n) is 0.285. The Balaban J connectivity index is -0.00000000667. The van der Waals surface area contributed by atoms with E-state index in [4.69, 9.17) is 8.08 Å². The molecule has 0 heterocycles. The molecule has 0 radical (unpaired) electrons. The van der Waals surface area contributed by atoms with Crippen molar-refractivity contribution in [1.82, 2.24) is 0 Å². The molecule has 0 aromatic rings. The van der Waals surface area contributed by atoms with E-state index in [0.717, 1.165) is 0 Å². The van der Waals surface area contributed by atoms with E-state index in [9.17, 15) is 0 Å². The first kappa shape index (κ1) is 16.1. The molecule has 0 fully saturated rings. The molecule has 0 aliphatic rings. The average molecular weight is 130 g/mol. The minimum absolute atomic E-state index is 0. The van der Waals surface area contributed by atoms with Crippen LogP contribution in [0.4, 0.5) is 0 Å². The topological polar surface area (TPSA) is 37.3 Å². The molecule has 0 amide bonds. The standard InChI is InChI=1S/Al.Co.Li.H2O.O.4H/h;;;1H2;;;;;/q;2*+1;;;;;;-1/p-1. The summed E-state index contributed by atoms with van der Waals surface area (Å²) in [4.78, 5) is 0. The van der Waals surface area contributed by atoms with Crippen molar-refractivity contribution in [2.75, 3.05) is 0 Å². The fourth-order valence-corrected chi connectivity index (χ4v) is 0. The van der Waals surface area contributed by atoms with Gasteiger partial charge >= 0.3 is 41.9 Å². The normalized spacial score (nSPS) is 4.20. The van der Waals surface area contributed by atoms with Crippen LogP contribution >= 0.6 is 0 Å². The van der Waals surface area contributed by atoms with Crippen LogP contribution in [0.5, 0.6) is 0 Å². The zero-order valence-corrected chi connectivity index (χ0v) is 3.23. The summed E-state index contributed by atoms with van der Waals surface area (Å²) >= 11 is -0.812. The van der Waals surface area contributed by atoms with Gasteiger partial charge in [-0.25, -0.2) is 0 Å². The van der Waals surface area contributed by atoms with Crippen molar-refractivity contribution < 1.29 is 43.3 Å². The van der Waals surface area contributed by atoms with Crippen LogP contribution in [-0.2, 0) is 18.8 Å². The summed E-state index contributed by atoms with van der Waals surface area (Å²) in [5.74, 6) is 0. The molecule has 1 N–H and O–H groups in total. The Kier molecular flexibility index (Phi) is 58.7. The Morgan fingerprint density at radius 3 is 1.80 bits per heavy atom.